The minimum atomic E-state index is -1.59. The molecular formula is C17H21N3O8. The van der Waals surface area contributed by atoms with Gasteiger partial charge in [0, 0.05) is 17.7 Å². The van der Waals surface area contributed by atoms with E-state index in [2.05, 4.69) is 5.32 Å². The van der Waals surface area contributed by atoms with Crippen LogP contribution in [0.4, 0.5) is 5.69 Å². The second-order valence-electron chi connectivity index (χ2n) is 5.53. The number of rotatable bonds is 10. The van der Waals surface area contributed by atoms with E-state index in [0.29, 0.717) is 0 Å². The lowest BCUT2D eigenvalue weighted by Gasteiger charge is -2.23. The first kappa shape index (κ1) is 22.5. The van der Waals surface area contributed by atoms with Crippen LogP contribution in [0.25, 0.3) is 0 Å². The van der Waals surface area contributed by atoms with Crippen molar-refractivity contribution in [3.63, 3.8) is 0 Å². The van der Waals surface area contributed by atoms with E-state index < -0.39 is 47.1 Å². The highest BCUT2D eigenvalue weighted by Crippen LogP contribution is 2.16. The Labute approximate surface area is 160 Å². The summed E-state index contributed by atoms with van der Waals surface area (Å²) in [5.41, 5.74) is 4.84. The molecule has 0 aliphatic rings. The van der Waals surface area contributed by atoms with Crippen molar-refractivity contribution in [2.75, 3.05) is 13.2 Å². The molecule has 0 heterocycles. The van der Waals surface area contributed by atoms with E-state index in [1.165, 1.54) is 25.1 Å². The topological polar surface area (TPSA) is 168 Å². The zero-order chi connectivity index (χ0) is 21.3. The maximum Gasteiger partial charge on any atom is 0.312 e. The van der Waals surface area contributed by atoms with Gasteiger partial charge in [-0.1, -0.05) is 6.07 Å². The number of benzene rings is 1. The number of amides is 2. The molecule has 2 atom stereocenters. The average molecular weight is 395 g/mol. The molecule has 2 amide bonds. The number of carbonyl (C=O) groups excluding carboxylic acids is 4. The Morgan fingerprint density at radius 3 is 2.36 bits per heavy atom. The van der Waals surface area contributed by atoms with E-state index in [4.69, 9.17) is 15.2 Å². The number of nitrogens with two attached hydrogens (primary N) is 1. The fourth-order valence-corrected chi connectivity index (χ4v) is 2.34. The molecule has 0 spiro atoms. The fraction of sp³-hybridized carbons (Fsp3) is 0.412. The molecule has 3 N–H and O–H groups in total. The molecule has 0 unspecified atom stereocenters. The molecule has 11 nitrogen and oxygen atoms in total. The molecule has 0 saturated carbocycles. The number of hydrogen-bond acceptors (Lipinski definition) is 8. The van der Waals surface area contributed by atoms with Gasteiger partial charge in [0.05, 0.1) is 30.5 Å². The number of nitro groups is 1. The van der Waals surface area contributed by atoms with Gasteiger partial charge in [0.2, 0.25) is 5.91 Å². The van der Waals surface area contributed by atoms with Crippen LogP contribution in [0.15, 0.2) is 24.3 Å². The third-order valence-corrected chi connectivity index (χ3v) is 3.60. The molecule has 0 aliphatic heterocycles. The highest BCUT2D eigenvalue weighted by atomic mass is 16.6. The third-order valence-electron chi connectivity index (χ3n) is 3.60. The van der Waals surface area contributed by atoms with E-state index in [1.807, 2.05) is 0 Å². The standard InChI is InChI=1S/C17H21N3O8/c1-3-27-13(21)9-12(17(24)28-4-2)14(15(18)22)19-16(23)10-6-5-7-11(8-10)20(25)26/h5-8,12,14H,3-4,9H2,1-2H3,(H2,18,22)(H,19,23)/t12-,14-/m1/s1. The number of ether oxygens (including phenoxy) is 2. The quantitative estimate of drug-likeness (QED) is 0.324. The number of nitrogens with one attached hydrogen (secondary N) is 1. The molecule has 11 heteroatoms. The summed E-state index contributed by atoms with van der Waals surface area (Å²) in [6, 6.07) is 3.16. The minimum Gasteiger partial charge on any atom is -0.466 e. The number of nitrogens with zero attached hydrogens (tertiary/aromatic N) is 1. The Bertz CT molecular complexity index is 765. The zero-order valence-electron chi connectivity index (χ0n) is 15.4. The predicted octanol–water partition coefficient (Wildman–Crippen LogP) is 0.311. The van der Waals surface area contributed by atoms with Gasteiger partial charge in [-0.05, 0) is 19.9 Å². The molecule has 0 aromatic heterocycles. The number of hydrogen-bond donors (Lipinski definition) is 2. The van der Waals surface area contributed by atoms with Gasteiger partial charge in [0.1, 0.15) is 6.04 Å². The predicted molar refractivity (Wildman–Crippen MR) is 94.9 cm³/mol. The Hall–Kier alpha value is -3.50. The number of nitro benzene ring substituents is 1. The Morgan fingerprint density at radius 1 is 1.18 bits per heavy atom. The van der Waals surface area contributed by atoms with Gasteiger partial charge < -0.3 is 20.5 Å². The van der Waals surface area contributed by atoms with E-state index in [-0.39, 0.29) is 24.5 Å². The first-order valence-electron chi connectivity index (χ1n) is 8.38. The van der Waals surface area contributed by atoms with Crippen molar-refractivity contribution < 1.29 is 33.6 Å². The second kappa shape index (κ2) is 10.6. The smallest absolute Gasteiger partial charge is 0.312 e. The van der Waals surface area contributed by atoms with Crippen molar-refractivity contribution in [3.8, 4) is 0 Å². The summed E-state index contributed by atoms with van der Waals surface area (Å²) in [5.74, 6) is -5.08. The van der Waals surface area contributed by atoms with Crippen LogP contribution in [-0.4, -0.2) is 47.9 Å². The van der Waals surface area contributed by atoms with Crippen LogP contribution in [0.2, 0.25) is 0 Å². The third kappa shape index (κ3) is 6.34. The normalized spacial score (nSPS) is 12.4. The monoisotopic (exact) mass is 395 g/mol. The van der Waals surface area contributed by atoms with Crippen LogP contribution >= 0.6 is 0 Å². The van der Waals surface area contributed by atoms with Crippen LogP contribution in [0.1, 0.15) is 30.6 Å². The van der Waals surface area contributed by atoms with Crippen LogP contribution < -0.4 is 11.1 Å². The van der Waals surface area contributed by atoms with Crippen LogP contribution in [-0.2, 0) is 23.9 Å². The number of carbonyl (C=O) groups is 4. The lowest BCUT2D eigenvalue weighted by Crippen LogP contribution is -2.52. The molecule has 0 bridgehead atoms. The summed E-state index contributed by atoms with van der Waals surface area (Å²) in [7, 11) is 0. The van der Waals surface area contributed by atoms with E-state index in [9.17, 15) is 29.3 Å². The van der Waals surface area contributed by atoms with Gasteiger partial charge in [0.25, 0.3) is 11.6 Å². The molecule has 1 aromatic carbocycles. The molecule has 1 aromatic rings. The number of primary amides is 1. The minimum absolute atomic E-state index is 0.0253. The molecule has 0 aliphatic carbocycles. The summed E-state index contributed by atoms with van der Waals surface area (Å²) in [5, 5.41) is 13.1. The summed E-state index contributed by atoms with van der Waals surface area (Å²) in [4.78, 5) is 58.5. The highest BCUT2D eigenvalue weighted by Gasteiger charge is 2.37. The molecular weight excluding hydrogens is 374 g/mol. The number of esters is 2. The van der Waals surface area contributed by atoms with E-state index >= 15 is 0 Å². The van der Waals surface area contributed by atoms with Gasteiger partial charge in [-0.25, -0.2) is 0 Å². The zero-order valence-corrected chi connectivity index (χ0v) is 15.4. The van der Waals surface area contributed by atoms with Crippen molar-refractivity contribution in [2.45, 2.75) is 26.3 Å². The largest absolute Gasteiger partial charge is 0.466 e. The van der Waals surface area contributed by atoms with Gasteiger partial charge in [-0.3, -0.25) is 29.3 Å². The lowest BCUT2D eigenvalue weighted by atomic mass is 9.95. The highest BCUT2D eigenvalue weighted by molar-refractivity contribution is 5.99. The summed E-state index contributed by atoms with van der Waals surface area (Å²) in [6.07, 6.45) is -0.546. The first-order chi connectivity index (χ1) is 13.2. The van der Waals surface area contributed by atoms with Gasteiger partial charge in [-0.2, -0.15) is 0 Å². The van der Waals surface area contributed by atoms with Crippen LogP contribution in [0.3, 0.4) is 0 Å². The van der Waals surface area contributed by atoms with Gasteiger partial charge >= 0.3 is 11.9 Å². The molecule has 0 fully saturated rings. The molecule has 1 rings (SSSR count). The van der Waals surface area contributed by atoms with Crippen molar-refractivity contribution in [1.82, 2.24) is 5.32 Å². The average Bonchev–Trinajstić information content (AvgIpc) is 2.64. The molecule has 152 valence electrons. The Balaban J connectivity index is 3.12. The maximum absolute atomic E-state index is 12.4. The van der Waals surface area contributed by atoms with Gasteiger partial charge in [0.15, 0.2) is 0 Å². The SMILES string of the molecule is CCOC(=O)C[C@@H](C(=O)OCC)[C@@H](NC(=O)c1cccc([N+](=O)[O-])c1)C(N)=O. The van der Waals surface area contributed by atoms with Crippen LogP contribution in [0.5, 0.6) is 0 Å². The van der Waals surface area contributed by atoms with Crippen molar-refractivity contribution in [3.05, 3.63) is 39.9 Å². The summed E-state index contributed by atoms with van der Waals surface area (Å²) in [6.45, 7) is 3.12. The van der Waals surface area contributed by atoms with Crippen LogP contribution in [0, 0.1) is 16.0 Å². The second-order valence-corrected chi connectivity index (χ2v) is 5.53. The first-order valence-corrected chi connectivity index (χ1v) is 8.38. The fourth-order valence-electron chi connectivity index (χ4n) is 2.34. The summed E-state index contributed by atoms with van der Waals surface area (Å²) >= 11 is 0. The van der Waals surface area contributed by atoms with Crippen molar-refractivity contribution >= 4 is 29.4 Å². The lowest BCUT2D eigenvalue weighted by molar-refractivity contribution is -0.384. The van der Waals surface area contributed by atoms with Crippen molar-refractivity contribution in [2.24, 2.45) is 11.7 Å². The molecule has 0 radical (unpaired) electrons. The molecule has 0 saturated heterocycles. The van der Waals surface area contributed by atoms with Gasteiger partial charge in [-0.15, -0.1) is 0 Å². The van der Waals surface area contributed by atoms with E-state index in [0.717, 1.165) is 6.07 Å². The summed E-state index contributed by atoms with van der Waals surface area (Å²) < 4.78 is 9.63. The maximum atomic E-state index is 12.4. The van der Waals surface area contributed by atoms with Crippen molar-refractivity contribution in [1.29, 1.82) is 0 Å². The number of non-ortho nitro benzene ring substituents is 1. The molecule has 28 heavy (non-hydrogen) atoms. The Morgan fingerprint density at radius 2 is 1.82 bits per heavy atom. The van der Waals surface area contributed by atoms with E-state index in [1.54, 1.807) is 6.92 Å². The Kier molecular flexibility index (Phi) is 8.53.